The quantitative estimate of drug-likeness (QED) is 0.668. The third kappa shape index (κ3) is 4.46. The zero-order valence-electron chi connectivity index (χ0n) is 14.4. The van der Waals surface area contributed by atoms with E-state index in [0.29, 0.717) is 22.8 Å². The molecule has 3 rings (SSSR count). The third-order valence-corrected chi connectivity index (χ3v) is 3.72. The Hall–Kier alpha value is -3.74. The topological polar surface area (TPSA) is 80.3 Å². The van der Waals surface area contributed by atoms with Gasteiger partial charge in [0.05, 0.1) is 18.4 Å². The molecule has 0 unspecified atom stereocenters. The molecule has 136 valence electrons. The number of aromatic nitrogens is 1. The van der Waals surface area contributed by atoms with Crippen LogP contribution in [-0.4, -0.2) is 24.0 Å². The van der Waals surface area contributed by atoms with E-state index in [1.165, 1.54) is 25.4 Å². The molecular weight excluding hydrogens is 349 g/mol. The van der Waals surface area contributed by atoms with Crippen molar-refractivity contribution in [2.45, 2.75) is 0 Å². The molecule has 0 saturated carbocycles. The molecular formula is C20H16FN3O3. The average molecular weight is 365 g/mol. The van der Waals surface area contributed by atoms with E-state index in [1.807, 2.05) is 0 Å². The second-order valence-corrected chi connectivity index (χ2v) is 5.55. The molecule has 0 aliphatic heterocycles. The molecule has 0 aliphatic rings. The lowest BCUT2D eigenvalue weighted by Gasteiger charge is -2.11. The maximum atomic E-state index is 13.0. The van der Waals surface area contributed by atoms with E-state index in [1.54, 1.807) is 48.5 Å². The Balaban J connectivity index is 1.78. The lowest BCUT2D eigenvalue weighted by molar-refractivity contribution is 0.0602. The number of methoxy groups -OCH3 is 1. The summed E-state index contributed by atoms with van der Waals surface area (Å²) in [5, 5.41) is 5.69. The van der Waals surface area contributed by atoms with Gasteiger partial charge in [0.2, 0.25) is 0 Å². The predicted octanol–water partition coefficient (Wildman–Crippen LogP) is 4.00. The minimum Gasteiger partial charge on any atom is -0.465 e. The van der Waals surface area contributed by atoms with Crippen LogP contribution in [0.15, 0.2) is 66.9 Å². The van der Waals surface area contributed by atoms with Crippen molar-refractivity contribution in [3.05, 3.63) is 83.8 Å². The van der Waals surface area contributed by atoms with Gasteiger partial charge in [-0.15, -0.1) is 0 Å². The molecule has 0 aliphatic carbocycles. The number of benzene rings is 2. The highest BCUT2D eigenvalue weighted by atomic mass is 19.1. The molecule has 0 bridgehead atoms. The maximum Gasteiger partial charge on any atom is 0.339 e. The number of esters is 1. The molecule has 0 radical (unpaired) electrons. The molecule has 0 fully saturated rings. The molecule has 7 heteroatoms. The predicted molar refractivity (Wildman–Crippen MR) is 99.7 cm³/mol. The van der Waals surface area contributed by atoms with Crippen molar-refractivity contribution < 1.29 is 18.7 Å². The third-order valence-electron chi connectivity index (χ3n) is 3.72. The van der Waals surface area contributed by atoms with Gasteiger partial charge in [-0.05, 0) is 48.5 Å². The van der Waals surface area contributed by atoms with E-state index in [9.17, 15) is 14.0 Å². The van der Waals surface area contributed by atoms with Crippen LogP contribution >= 0.6 is 0 Å². The summed E-state index contributed by atoms with van der Waals surface area (Å²) in [7, 11) is 1.27. The SMILES string of the molecule is COC(=O)c1ccccc1NC(=O)c1ccnc(Nc2ccc(F)cc2)c1. The number of nitrogens with zero attached hydrogens (tertiary/aromatic N) is 1. The molecule has 6 nitrogen and oxygen atoms in total. The number of rotatable bonds is 5. The number of hydrogen-bond acceptors (Lipinski definition) is 5. The summed E-state index contributed by atoms with van der Waals surface area (Å²) in [5.41, 5.74) is 1.58. The number of anilines is 3. The highest BCUT2D eigenvalue weighted by Gasteiger charge is 2.14. The molecule has 0 spiro atoms. The monoisotopic (exact) mass is 365 g/mol. The van der Waals surface area contributed by atoms with Gasteiger partial charge in [0.1, 0.15) is 11.6 Å². The van der Waals surface area contributed by atoms with Crippen LogP contribution < -0.4 is 10.6 Å². The first-order chi connectivity index (χ1) is 13.1. The molecule has 2 aromatic carbocycles. The largest absolute Gasteiger partial charge is 0.465 e. The van der Waals surface area contributed by atoms with Crippen LogP contribution in [0.1, 0.15) is 20.7 Å². The number of hydrogen-bond donors (Lipinski definition) is 2. The second kappa shape index (κ2) is 8.09. The van der Waals surface area contributed by atoms with E-state index in [4.69, 9.17) is 4.74 Å². The van der Waals surface area contributed by atoms with Crippen LogP contribution in [0.4, 0.5) is 21.6 Å². The van der Waals surface area contributed by atoms with Crippen molar-refractivity contribution >= 4 is 29.1 Å². The van der Waals surface area contributed by atoms with Gasteiger partial charge < -0.3 is 15.4 Å². The summed E-state index contributed by atoms with van der Waals surface area (Å²) < 4.78 is 17.7. The Bertz CT molecular complexity index is 974. The van der Waals surface area contributed by atoms with Crippen LogP contribution in [0.5, 0.6) is 0 Å². The van der Waals surface area contributed by atoms with Crippen molar-refractivity contribution in [2.75, 3.05) is 17.7 Å². The number of carbonyl (C=O) groups is 2. The summed E-state index contributed by atoms with van der Waals surface area (Å²) in [4.78, 5) is 28.5. The van der Waals surface area contributed by atoms with E-state index >= 15 is 0 Å². The lowest BCUT2D eigenvalue weighted by atomic mass is 10.1. The number of ether oxygens (including phenoxy) is 1. The maximum absolute atomic E-state index is 13.0. The van der Waals surface area contributed by atoms with Crippen molar-refractivity contribution in [1.29, 1.82) is 0 Å². The zero-order chi connectivity index (χ0) is 19.2. The summed E-state index contributed by atoms with van der Waals surface area (Å²) in [6.07, 6.45) is 1.48. The van der Waals surface area contributed by atoms with Gasteiger partial charge in [0.15, 0.2) is 0 Å². The Labute approximate surface area is 155 Å². The van der Waals surface area contributed by atoms with Crippen LogP contribution in [0.25, 0.3) is 0 Å². The van der Waals surface area contributed by atoms with Gasteiger partial charge in [-0.1, -0.05) is 12.1 Å². The zero-order valence-corrected chi connectivity index (χ0v) is 14.4. The van der Waals surface area contributed by atoms with E-state index in [0.717, 1.165) is 0 Å². The van der Waals surface area contributed by atoms with Gasteiger partial charge in [0.25, 0.3) is 5.91 Å². The Morgan fingerprint density at radius 2 is 1.78 bits per heavy atom. The van der Waals surface area contributed by atoms with E-state index < -0.39 is 11.9 Å². The summed E-state index contributed by atoms with van der Waals surface area (Å²) >= 11 is 0. The van der Waals surface area contributed by atoms with Crippen molar-refractivity contribution in [1.82, 2.24) is 4.98 Å². The van der Waals surface area contributed by atoms with Gasteiger partial charge in [-0.25, -0.2) is 14.2 Å². The minimum absolute atomic E-state index is 0.257. The summed E-state index contributed by atoms with van der Waals surface area (Å²) in [5.74, 6) is -0.864. The van der Waals surface area contributed by atoms with Gasteiger partial charge in [0, 0.05) is 17.4 Å². The Kier molecular flexibility index (Phi) is 5.41. The molecule has 0 atom stereocenters. The lowest BCUT2D eigenvalue weighted by Crippen LogP contribution is -2.15. The highest BCUT2D eigenvalue weighted by molar-refractivity contribution is 6.08. The molecule has 27 heavy (non-hydrogen) atoms. The minimum atomic E-state index is -0.542. The number of carbonyl (C=O) groups excluding carboxylic acids is 2. The smallest absolute Gasteiger partial charge is 0.339 e. The molecule has 1 aromatic heterocycles. The molecule has 0 saturated heterocycles. The van der Waals surface area contributed by atoms with Crippen LogP contribution in [0.3, 0.4) is 0 Å². The Morgan fingerprint density at radius 3 is 2.52 bits per heavy atom. The van der Waals surface area contributed by atoms with E-state index in [-0.39, 0.29) is 11.4 Å². The number of para-hydroxylation sites is 1. The first-order valence-corrected chi connectivity index (χ1v) is 8.04. The Morgan fingerprint density at radius 1 is 1.04 bits per heavy atom. The first-order valence-electron chi connectivity index (χ1n) is 8.04. The summed E-state index contributed by atoms with van der Waals surface area (Å²) in [6, 6.07) is 15.4. The van der Waals surface area contributed by atoms with Gasteiger partial charge in [-0.2, -0.15) is 0 Å². The number of halogens is 1. The van der Waals surface area contributed by atoms with Gasteiger partial charge in [-0.3, -0.25) is 4.79 Å². The van der Waals surface area contributed by atoms with Crippen LogP contribution in [0, 0.1) is 5.82 Å². The van der Waals surface area contributed by atoms with Crippen molar-refractivity contribution in [3.8, 4) is 0 Å². The van der Waals surface area contributed by atoms with Crippen LogP contribution in [0.2, 0.25) is 0 Å². The van der Waals surface area contributed by atoms with E-state index in [2.05, 4.69) is 15.6 Å². The van der Waals surface area contributed by atoms with Crippen molar-refractivity contribution in [2.24, 2.45) is 0 Å². The highest BCUT2D eigenvalue weighted by Crippen LogP contribution is 2.19. The summed E-state index contributed by atoms with van der Waals surface area (Å²) in [6.45, 7) is 0. The first kappa shape index (κ1) is 18.1. The molecule has 1 heterocycles. The number of pyridine rings is 1. The van der Waals surface area contributed by atoms with Crippen molar-refractivity contribution in [3.63, 3.8) is 0 Å². The fraction of sp³-hybridized carbons (Fsp3) is 0.0500. The van der Waals surface area contributed by atoms with Gasteiger partial charge >= 0.3 is 5.97 Å². The average Bonchev–Trinajstić information content (AvgIpc) is 2.70. The molecule has 2 N–H and O–H groups in total. The second-order valence-electron chi connectivity index (χ2n) is 5.55. The number of amides is 1. The fourth-order valence-electron chi connectivity index (χ4n) is 2.40. The number of nitrogens with one attached hydrogen (secondary N) is 2. The standard InChI is InChI=1S/C20H16FN3O3/c1-27-20(26)16-4-2-3-5-17(16)24-19(25)13-10-11-22-18(12-13)23-15-8-6-14(21)7-9-15/h2-12H,1H3,(H,22,23)(H,24,25). The van der Waals surface area contributed by atoms with Crippen LogP contribution in [-0.2, 0) is 4.74 Å². The fourth-order valence-corrected chi connectivity index (χ4v) is 2.40. The normalized spacial score (nSPS) is 10.1. The molecule has 1 amide bonds. The molecule has 3 aromatic rings.